The number of ether oxygens (including phenoxy) is 1. The fourth-order valence-electron chi connectivity index (χ4n) is 3.37. The molecule has 1 unspecified atom stereocenters. The SMILES string of the molecule is O=C(CCCN1C(=O)c2ccc([N+](=O)[O-])cc2C1=O)NCCNC(=O)C1CCCO1. The van der Waals surface area contributed by atoms with Gasteiger partial charge in [0.2, 0.25) is 11.8 Å². The minimum atomic E-state index is -0.631. The molecule has 11 nitrogen and oxygen atoms in total. The van der Waals surface area contributed by atoms with Crippen molar-refractivity contribution in [3.05, 3.63) is 39.4 Å². The quantitative estimate of drug-likeness (QED) is 0.255. The lowest BCUT2D eigenvalue weighted by Gasteiger charge is -2.13. The van der Waals surface area contributed by atoms with Gasteiger partial charge in [-0.15, -0.1) is 0 Å². The smallest absolute Gasteiger partial charge is 0.270 e. The lowest BCUT2D eigenvalue weighted by Crippen LogP contribution is -2.39. The molecule has 0 aromatic heterocycles. The van der Waals surface area contributed by atoms with E-state index >= 15 is 0 Å². The highest BCUT2D eigenvalue weighted by Gasteiger charge is 2.36. The van der Waals surface area contributed by atoms with E-state index in [0.29, 0.717) is 13.0 Å². The second kappa shape index (κ2) is 9.44. The molecule has 0 saturated carbocycles. The van der Waals surface area contributed by atoms with Crippen LogP contribution in [0.1, 0.15) is 46.4 Å². The Labute approximate surface area is 171 Å². The van der Waals surface area contributed by atoms with Crippen LogP contribution in [0.25, 0.3) is 0 Å². The molecule has 0 aliphatic carbocycles. The third kappa shape index (κ3) is 4.79. The molecular formula is C19H22N4O7. The Morgan fingerprint density at radius 2 is 1.90 bits per heavy atom. The van der Waals surface area contributed by atoms with E-state index in [0.717, 1.165) is 17.4 Å². The van der Waals surface area contributed by atoms with Crippen molar-refractivity contribution in [2.45, 2.75) is 31.8 Å². The van der Waals surface area contributed by atoms with Crippen LogP contribution < -0.4 is 10.6 Å². The number of nitrogens with zero attached hydrogens (tertiary/aromatic N) is 2. The predicted molar refractivity (Wildman–Crippen MR) is 103 cm³/mol. The maximum atomic E-state index is 12.4. The number of hydrogen-bond acceptors (Lipinski definition) is 7. The fourth-order valence-corrected chi connectivity index (χ4v) is 3.37. The number of carbonyl (C=O) groups is 4. The van der Waals surface area contributed by atoms with Crippen LogP contribution in [-0.4, -0.2) is 65.8 Å². The second-order valence-electron chi connectivity index (χ2n) is 7.00. The van der Waals surface area contributed by atoms with Gasteiger partial charge in [-0.1, -0.05) is 0 Å². The Kier molecular flexibility index (Phi) is 6.72. The van der Waals surface area contributed by atoms with E-state index in [1.807, 2.05) is 0 Å². The molecule has 1 aromatic carbocycles. The Morgan fingerprint density at radius 3 is 2.60 bits per heavy atom. The van der Waals surface area contributed by atoms with Crippen molar-refractivity contribution >= 4 is 29.3 Å². The molecule has 3 rings (SSSR count). The highest BCUT2D eigenvalue weighted by Crippen LogP contribution is 2.26. The summed E-state index contributed by atoms with van der Waals surface area (Å²) >= 11 is 0. The van der Waals surface area contributed by atoms with E-state index in [2.05, 4.69) is 10.6 Å². The number of fused-ring (bicyclic) bond motifs is 1. The molecule has 1 fully saturated rings. The van der Waals surface area contributed by atoms with Crippen LogP contribution in [-0.2, 0) is 14.3 Å². The van der Waals surface area contributed by atoms with E-state index in [4.69, 9.17) is 4.74 Å². The van der Waals surface area contributed by atoms with Gasteiger partial charge in [0.1, 0.15) is 6.10 Å². The van der Waals surface area contributed by atoms with Gasteiger partial charge in [0, 0.05) is 44.8 Å². The summed E-state index contributed by atoms with van der Waals surface area (Å²) in [5, 5.41) is 16.2. The summed E-state index contributed by atoms with van der Waals surface area (Å²) in [6.45, 7) is 1.15. The third-order valence-corrected chi connectivity index (χ3v) is 4.92. The highest BCUT2D eigenvalue weighted by molar-refractivity contribution is 6.21. The zero-order chi connectivity index (χ0) is 21.7. The first-order valence-corrected chi connectivity index (χ1v) is 9.69. The number of non-ortho nitro benzene ring substituents is 1. The van der Waals surface area contributed by atoms with Crippen molar-refractivity contribution < 1.29 is 28.8 Å². The lowest BCUT2D eigenvalue weighted by atomic mass is 10.1. The van der Waals surface area contributed by atoms with Crippen LogP contribution in [0, 0.1) is 10.1 Å². The van der Waals surface area contributed by atoms with Crippen LogP contribution in [0.2, 0.25) is 0 Å². The topological polar surface area (TPSA) is 148 Å². The number of hydrogen-bond donors (Lipinski definition) is 2. The standard InChI is InChI=1S/C19H22N4O7/c24-16(20-7-8-21-17(25)15-3-2-10-30-15)4-1-9-22-18(26)13-6-5-12(23(28)29)11-14(13)19(22)27/h5-6,11,15H,1-4,7-10H2,(H,20,24)(H,21,25). The summed E-state index contributed by atoms with van der Waals surface area (Å²) in [4.78, 5) is 59.6. The maximum absolute atomic E-state index is 12.4. The minimum absolute atomic E-state index is 0.000588. The van der Waals surface area contributed by atoms with E-state index in [1.165, 1.54) is 12.1 Å². The molecular weight excluding hydrogens is 396 g/mol. The second-order valence-corrected chi connectivity index (χ2v) is 7.00. The number of nitro benzene ring substituents is 1. The largest absolute Gasteiger partial charge is 0.368 e. The summed E-state index contributed by atoms with van der Waals surface area (Å²) in [6.07, 6.45) is 1.48. The van der Waals surface area contributed by atoms with Crippen LogP contribution in [0.3, 0.4) is 0 Å². The van der Waals surface area contributed by atoms with E-state index in [-0.39, 0.29) is 61.1 Å². The van der Waals surface area contributed by atoms with Gasteiger partial charge >= 0.3 is 0 Å². The Balaban J connectivity index is 1.38. The number of carbonyl (C=O) groups excluding carboxylic acids is 4. The molecule has 0 radical (unpaired) electrons. The molecule has 2 heterocycles. The average molecular weight is 418 g/mol. The van der Waals surface area contributed by atoms with E-state index in [9.17, 15) is 29.3 Å². The zero-order valence-corrected chi connectivity index (χ0v) is 16.2. The molecule has 4 amide bonds. The molecule has 1 saturated heterocycles. The van der Waals surface area contributed by atoms with Crippen LogP contribution in [0.15, 0.2) is 18.2 Å². The molecule has 160 valence electrons. The lowest BCUT2D eigenvalue weighted by molar-refractivity contribution is -0.384. The molecule has 2 aliphatic rings. The van der Waals surface area contributed by atoms with Gasteiger partial charge in [-0.2, -0.15) is 0 Å². The first-order valence-electron chi connectivity index (χ1n) is 9.69. The molecule has 1 aromatic rings. The van der Waals surface area contributed by atoms with Gasteiger partial charge < -0.3 is 15.4 Å². The first kappa shape index (κ1) is 21.4. The summed E-state index contributed by atoms with van der Waals surface area (Å²) in [5.41, 5.74) is -0.139. The normalized spacial score (nSPS) is 17.7. The van der Waals surface area contributed by atoms with E-state index < -0.39 is 22.8 Å². The van der Waals surface area contributed by atoms with Crippen molar-refractivity contribution in [3.63, 3.8) is 0 Å². The molecule has 0 spiro atoms. The Morgan fingerprint density at radius 1 is 1.17 bits per heavy atom. The number of imide groups is 1. The molecule has 30 heavy (non-hydrogen) atoms. The van der Waals surface area contributed by atoms with Crippen LogP contribution in [0.4, 0.5) is 5.69 Å². The van der Waals surface area contributed by atoms with Gasteiger partial charge in [0.05, 0.1) is 16.1 Å². The molecule has 2 N–H and O–H groups in total. The van der Waals surface area contributed by atoms with E-state index in [1.54, 1.807) is 0 Å². The Hall–Kier alpha value is -3.34. The van der Waals surface area contributed by atoms with Crippen LogP contribution in [0.5, 0.6) is 0 Å². The van der Waals surface area contributed by atoms with Crippen LogP contribution >= 0.6 is 0 Å². The zero-order valence-electron chi connectivity index (χ0n) is 16.2. The van der Waals surface area contributed by atoms with Crippen molar-refractivity contribution in [3.8, 4) is 0 Å². The van der Waals surface area contributed by atoms with Gasteiger partial charge in [-0.05, 0) is 25.3 Å². The van der Waals surface area contributed by atoms with Crippen molar-refractivity contribution in [1.82, 2.24) is 15.5 Å². The number of rotatable bonds is 9. The maximum Gasteiger partial charge on any atom is 0.270 e. The monoisotopic (exact) mass is 418 g/mol. The average Bonchev–Trinajstić information content (AvgIpc) is 3.34. The number of nitro groups is 1. The predicted octanol–water partition coefficient (Wildman–Crippen LogP) is 0.382. The first-order chi connectivity index (χ1) is 14.4. The van der Waals surface area contributed by atoms with Gasteiger partial charge in [0.25, 0.3) is 17.5 Å². The van der Waals surface area contributed by atoms with Crippen molar-refractivity contribution in [2.24, 2.45) is 0 Å². The molecule has 2 aliphatic heterocycles. The summed E-state index contributed by atoms with van der Waals surface area (Å²) in [7, 11) is 0. The number of amides is 4. The minimum Gasteiger partial charge on any atom is -0.368 e. The van der Waals surface area contributed by atoms with Gasteiger partial charge in [0.15, 0.2) is 0 Å². The van der Waals surface area contributed by atoms with Gasteiger partial charge in [-0.25, -0.2) is 0 Å². The number of benzene rings is 1. The molecule has 0 bridgehead atoms. The van der Waals surface area contributed by atoms with Crippen molar-refractivity contribution in [1.29, 1.82) is 0 Å². The summed E-state index contributed by atoms with van der Waals surface area (Å²) < 4.78 is 5.26. The summed E-state index contributed by atoms with van der Waals surface area (Å²) in [5.74, 6) is -1.58. The summed E-state index contributed by atoms with van der Waals surface area (Å²) in [6, 6.07) is 3.54. The Bertz CT molecular complexity index is 880. The fraction of sp³-hybridized carbons (Fsp3) is 0.474. The molecule has 1 atom stereocenters. The van der Waals surface area contributed by atoms with Gasteiger partial charge in [-0.3, -0.25) is 34.2 Å². The number of nitrogens with one attached hydrogen (secondary N) is 2. The highest BCUT2D eigenvalue weighted by atomic mass is 16.6. The van der Waals surface area contributed by atoms with Crippen molar-refractivity contribution in [2.75, 3.05) is 26.2 Å². The molecule has 11 heteroatoms. The third-order valence-electron chi connectivity index (χ3n) is 4.92.